The van der Waals surface area contributed by atoms with E-state index in [0.717, 1.165) is 0 Å². The van der Waals surface area contributed by atoms with Gasteiger partial charge in [-0.25, -0.2) is 0 Å². The molecule has 0 amide bonds. The van der Waals surface area contributed by atoms with Gasteiger partial charge >= 0.3 is 0 Å². The molecule has 0 aliphatic heterocycles. The van der Waals surface area contributed by atoms with Crippen LogP contribution in [0.5, 0.6) is 0 Å². The van der Waals surface area contributed by atoms with Crippen molar-refractivity contribution in [3.63, 3.8) is 0 Å². The van der Waals surface area contributed by atoms with Crippen LogP contribution in [0.4, 0.5) is 0 Å². The first-order valence-electron chi connectivity index (χ1n) is 4.81. The molecule has 0 atom stereocenters. The van der Waals surface area contributed by atoms with Crippen LogP contribution in [0.15, 0.2) is 36.5 Å². The normalized spacial score (nSPS) is 25.7. The highest BCUT2D eigenvalue weighted by atomic mass is 14.5. The summed E-state index contributed by atoms with van der Waals surface area (Å²) in [4.78, 5) is 0. The van der Waals surface area contributed by atoms with Crippen molar-refractivity contribution in [2.75, 3.05) is 0 Å². The third-order valence-corrected chi connectivity index (χ3v) is 3.32. The van der Waals surface area contributed by atoms with E-state index in [-0.39, 0.29) is 0 Å². The summed E-state index contributed by atoms with van der Waals surface area (Å²) >= 11 is 0. The smallest absolute Gasteiger partial charge is 0.00437 e. The molecular formula is C12H16. The second-order valence-corrected chi connectivity index (χ2v) is 3.98. The predicted octanol–water partition coefficient (Wildman–Crippen LogP) is 3.62. The summed E-state index contributed by atoms with van der Waals surface area (Å²) in [5.74, 6) is 0. The molecule has 0 aromatic rings. The van der Waals surface area contributed by atoms with Gasteiger partial charge in [0.1, 0.15) is 0 Å². The van der Waals surface area contributed by atoms with E-state index in [4.69, 9.17) is 0 Å². The Morgan fingerprint density at radius 2 is 1.83 bits per heavy atom. The summed E-state index contributed by atoms with van der Waals surface area (Å²) in [6.45, 7) is 7.78. The molecule has 2 aliphatic carbocycles. The number of hydrogen-bond acceptors (Lipinski definition) is 0. The SMILES string of the molecule is C=CC1=C(C=C)C2(CCC1)CC2. The monoisotopic (exact) mass is 160 g/mol. The molecule has 0 aromatic heterocycles. The van der Waals surface area contributed by atoms with Crippen LogP contribution in [-0.4, -0.2) is 0 Å². The minimum atomic E-state index is 0.559. The van der Waals surface area contributed by atoms with Crippen molar-refractivity contribution in [3.8, 4) is 0 Å². The molecule has 1 saturated carbocycles. The minimum absolute atomic E-state index is 0.559. The van der Waals surface area contributed by atoms with Gasteiger partial charge in [0.15, 0.2) is 0 Å². The van der Waals surface area contributed by atoms with Gasteiger partial charge in [-0.15, -0.1) is 0 Å². The Bertz CT molecular complexity index is 251. The van der Waals surface area contributed by atoms with Gasteiger partial charge in [0, 0.05) is 0 Å². The Morgan fingerprint density at radius 3 is 2.33 bits per heavy atom. The van der Waals surface area contributed by atoms with Crippen LogP contribution in [-0.2, 0) is 0 Å². The summed E-state index contributed by atoms with van der Waals surface area (Å²) < 4.78 is 0. The molecule has 0 saturated heterocycles. The van der Waals surface area contributed by atoms with Crippen molar-refractivity contribution in [2.45, 2.75) is 32.1 Å². The van der Waals surface area contributed by atoms with Crippen LogP contribution in [0.2, 0.25) is 0 Å². The van der Waals surface area contributed by atoms with Gasteiger partial charge in [-0.3, -0.25) is 0 Å². The summed E-state index contributed by atoms with van der Waals surface area (Å²) in [5, 5.41) is 0. The summed E-state index contributed by atoms with van der Waals surface area (Å²) in [5.41, 5.74) is 3.52. The lowest BCUT2D eigenvalue weighted by atomic mass is 9.80. The molecule has 0 bridgehead atoms. The first kappa shape index (κ1) is 7.85. The number of allylic oxidation sites excluding steroid dienone is 4. The standard InChI is InChI=1S/C12H16/c1-3-10-6-5-7-12(8-9-12)11(10)4-2/h3-4H,1-2,5-9H2. The zero-order valence-corrected chi connectivity index (χ0v) is 7.60. The third kappa shape index (κ3) is 0.979. The van der Waals surface area contributed by atoms with Crippen LogP contribution in [0, 0.1) is 5.41 Å². The largest absolute Gasteiger partial charge is 0.0988 e. The summed E-state index contributed by atoms with van der Waals surface area (Å²) in [6.07, 6.45) is 10.8. The number of rotatable bonds is 2. The van der Waals surface area contributed by atoms with Crippen LogP contribution in [0.3, 0.4) is 0 Å². The molecule has 1 spiro atoms. The van der Waals surface area contributed by atoms with Crippen molar-refractivity contribution in [3.05, 3.63) is 36.5 Å². The molecule has 64 valence electrons. The third-order valence-electron chi connectivity index (χ3n) is 3.32. The van der Waals surface area contributed by atoms with Gasteiger partial charge in [-0.2, -0.15) is 0 Å². The first-order chi connectivity index (χ1) is 5.82. The Balaban J connectivity index is 2.40. The highest BCUT2D eigenvalue weighted by Gasteiger charge is 2.46. The zero-order valence-electron chi connectivity index (χ0n) is 7.60. The van der Waals surface area contributed by atoms with Crippen LogP contribution in [0.1, 0.15) is 32.1 Å². The molecule has 0 radical (unpaired) electrons. The highest BCUT2D eigenvalue weighted by molar-refractivity contribution is 5.41. The lowest BCUT2D eigenvalue weighted by molar-refractivity contribution is 0.498. The van der Waals surface area contributed by atoms with E-state index in [1.165, 1.54) is 43.3 Å². The Morgan fingerprint density at radius 1 is 1.08 bits per heavy atom. The van der Waals surface area contributed by atoms with Gasteiger partial charge in [0.25, 0.3) is 0 Å². The van der Waals surface area contributed by atoms with Crippen molar-refractivity contribution >= 4 is 0 Å². The molecule has 0 aromatic carbocycles. The molecule has 0 heterocycles. The molecular weight excluding hydrogens is 144 g/mol. The van der Waals surface area contributed by atoms with Gasteiger partial charge in [0.2, 0.25) is 0 Å². The number of hydrogen-bond donors (Lipinski definition) is 0. The fourth-order valence-corrected chi connectivity index (χ4v) is 2.46. The maximum atomic E-state index is 3.91. The topological polar surface area (TPSA) is 0 Å². The molecule has 0 nitrogen and oxygen atoms in total. The van der Waals surface area contributed by atoms with Gasteiger partial charge in [-0.1, -0.05) is 25.3 Å². The quantitative estimate of drug-likeness (QED) is 0.578. The average molecular weight is 160 g/mol. The zero-order chi connectivity index (χ0) is 8.60. The fraction of sp³-hybridized carbons (Fsp3) is 0.500. The predicted molar refractivity (Wildman–Crippen MR) is 52.9 cm³/mol. The van der Waals surface area contributed by atoms with Crippen LogP contribution >= 0.6 is 0 Å². The van der Waals surface area contributed by atoms with Crippen molar-refractivity contribution in [1.82, 2.24) is 0 Å². The maximum Gasteiger partial charge on any atom is -0.00437 e. The lowest BCUT2D eigenvalue weighted by Gasteiger charge is -2.25. The van der Waals surface area contributed by atoms with E-state index >= 15 is 0 Å². The molecule has 2 rings (SSSR count). The Kier molecular flexibility index (Phi) is 1.71. The molecule has 0 heteroatoms. The van der Waals surface area contributed by atoms with E-state index in [2.05, 4.69) is 19.2 Å². The van der Waals surface area contributed by atoms with E-state index in [1.807, 2.05) is 6.08 Å². The average Bonchev–Trinajstić information content (AvgIpc) is 2.85. The van der Waals surface area contributed by atoms with E-state index in [9.17, 15) is 0 Å². The van der Waals surface area contributed by atoms with Gasteiger partial charge in [-0.05, 0) is 48.7 Å². The van der Waals surface area contributed by atoms with Crippen molar-refractivity contribution in [1.29, 1.82) is 0 Å². The second-order valence-electron chi connectivity index (χ2n) is 3.98. The van der Waals surface area contributed by atoms with E-state index in [0.29, 0.717) is 5.41 Å². The van der Waals surface area contributed by atoms with Gasteiger partial charge < -0.3 is 0 Å². The maximum absolute atomic E-state index is 3.91. The first-order valence-corrected chi connectivity index (χ1v) is 4.81. The van der Waals surface area contributed by atoms with E-state index in [1.54, 1.807) is 0 Å². The second kappa shape index (κ2) is 2.62. The van der Waals surface area contributed by atoms with Gasteiger partial charge in [0.05, 0.1) is 0 Å². The molecule has 2 aliphatic rings. The van der Waals surface area contributed by atoms with E-state index < -0.39 is 0 Å². The molecule has 12 heavy (non-hydrogen) atoms. The summed E-state index contributed by atoms with van der Waals surface area (Å²) in [7, 11) is 0. The van der Waals surface area contributed by atoms with Crippen molar-refractivity contribution in [2.24, 2.45) is 5.41 Å². The molecule has 0 N–H and O–H groups in total. The lowest BCUT2D eigenvalue weighted by Crippen LogP contribution is -2.10. The minimum Gasteiger partial charge on any atom is -0.0988 e. The molecule has 1 fully saturated rings. The van der Waals surface area contributed by atoms with Crippen molar-refractivity contribution < 1.29 is 0 Å². The van der Waals surface area contributed by atoms with Crippen LogP contribution in [0.25, 0.3) is 0 Å². The Labute approximate surface area is 74.7 Å². The highest BCUT2D eigenvalue weighted by Crippen LogP contribution is 2.59. The summed E-state index contributed by atoms with van der Waals surface area (Å²) in [6, 6.07) is 0. The molecule has 0 unspecified atom stereocenters. The fourth-order valence-electron chi connectivity index (χ4n) is 2.46. The van der Waals surface area contributed by atoms with Crippen LogP contribution < -0.4 is 0 Å². The Hall–Kier alpha value is -0.780.